The molecule has 0 spiro atoms. The second-order valence-corrected chi connectivity index (χ2v) is 6.57. The summed E-state index contributed by atoms with van der Waals surface area (Å²) in [5.41, 5.74) is 0. The molecule has 1 atom stereocenters. The summed E-state index contributed by atoms with van der Waals surface area (Å²) in [4.78, 5) is -0.0403. The van der Waals surface area contributed by atoms with Crippen LogP contribution in [0.1, 0.15) is 0 Å². The third-order valence-corrected chi connectivity index (χ3v) is 4.24. The molecule has 0 saturated heterocycles. The van der Waals surface area contributed by atoms with Crippen LogP contribution in [-0.2, 0) is 10.8 Å². The van der Waals surface area contributed by atoms with Crippen LogP contribution in [0.4, 0.5) is 13.2 Å². The normalized spacial score (nSPS) is 12.5. The average molecular weight is 400 g/mol. The Bertz CT molecular complexity index is 677. The predicted octanol–water partition coefficient (Wildman–Crippen LogP) is 5.36. The average Bonchev–Trinajstić information content (AvgIpc) is 2.39. The zero-order valence-electron chi connectivity index (χ0n) is 10.2. The highest BCUT2D eigenvalue weighted by Gasteiger charge is 2.17. The lowest BCUT2D eigenvalue weighted by Crippen LogP contribution is -2.02. The fraction of sp³-hybridized carbons (Fsp3) is 0.0769. The van der Waals surface area contributed by atoms with Crippen LogP contribution in [0.3, 0.4) is 0 Å². The van der Waals surface area contributed by atoms with Crippen molar-refractivity contribution >= 4 is 38.3 Å². The maximum atomic E-state index is 13.2. The van der Waals surface area contributed by atoms with Gasteiger partial charge in [-0.2, -0.15) is 8.78 Å². The number of alkyl halides is 2. The van der Waals surface area contributed by atoms with Crippen molar-refractivity contribution in [2.45, 2.75) is 10.7 Å². The van der Waals surface area contributed by atoms with Crippen molar-refractivity contribution in [2.24, 2.45) is 0 Å². The van der Waals surface area contributed by atoms with E-state index in [2.05, 4.69) is 15.9 Å². The molecule has 1 unspecified atom stereocenters. The zero-order chi connectivity index (χ0) is 15.6. The van der Waals surface area contributed by atoms with E-state index in [1.807, 2.05) is 0 Å². The van der Waals surface area contributed by atoms with Gasteiger partial charge in [0.1, 0.15) is 28.1 Å². The van der Waals surface area contributed by atoms with Crippen molar-refractivity contribution in [1.29, 1.82) is 0 Å². The second kappa shape index (κ2) is 6.81. The summed E-state index contributed by atoms with van der Waals surface area (Å²) < 4.78 is 55.0. The van der Waals surface area contributed by atoms with Gasteiger partial charge in [0.2, 0.25) is 0 Å². The summed E-state index contributed by atoms with van der Waals surface area (Å²) in [6, 6.07) is 7.53. The molecule has 21 heavy (non-hydrogen) atoms. The van der Waals surface area contributed by atoms with E-state index in [0.717, 1.165) is 12.1 Å². The highest BCUT2D eigenvalue weighted by atomic mass is 79.9. The van der Waals surface area contributed by atoms with Gasteiger partial charge in [0.15, 0.2) is 0 Å². The van der Waals surface area contributed by atoms with E-state index in [1.54, 1.807) is 0 Å². The van der Waals surface area contributed by atoms with Crippen LogP contribution in [0.25, 0.3) is 0 Å². The topological polar surface area (TPSA) is 26.3 Å². The number of ether oxygens (including phenoxy) is 1. The number of benzene rings is 2. The minimum atomic E-state index is -2.97. The van der Waals surface area contributed by atoms with Crippen molar-refractivity contribution in [3.8, 4) is 11.5 Å². The Morgan fingerprint density at radius 3 is 2.48 bits per heavy atom. The first kappa shape index (κ1) is 16.3. The van der Waals surface area contributed by atoms with Crippen LogP contribution in [0.2, 0.25) is 5.02 Å². The molecule has 0 heterocycles. The van der Waals surface area contributed by atoms with E-state index < -0.39 is 22.4 Å². The van der Waals surface area contributed by atoms with E-state index in [4.69, 9.17) is 16.3 Å². The molecule has 0 bridgehead atoms. The summed E-state index contributed by atoms with van der Waals surface area (Å²) in [5, 5.41) is 0.163. The number of rotatable bonds is 4. The predicted molar refractivity (Wildman–Crippen MR) is 78.0 cm³/mol. The molecule has 0 saturated carbocycles. The molecule has 0 aliphatic heterocycles. The second-order valence-electron chi connectivity index (χ2n) is 3.86. The molecule has 2 aromatic carbocycles. The molecule has 2 nitrogen and oxygen atoms in total. The van der Waals surface area contributed by atoms with Crippen molar-refractivity contribution in [1.82, 2.24) is 0 Å². The highest BCUT2D eigenvalue weighted by molar-refractivity contribution is 9.10. The van der Waals surface area contributed by atoms with Gasteiger partial charge >= 0.3 is 5.76 Å². The molecule has 2 rings (SSSR count). The van der Waals surface area contributed by atoms with Gasteiger partial charge in [0, 0.05) is 16.0 Å². The van der Waals surface area contributed by atoms with Crippen molar-refractivity contribution in [2.75, 3.05) is 0 Å². The first-order chi connectivity index (χ1) is 9.86. The standard InChI is InChI=1S/C13H7BrClF3O2S/c14-11-6-10(21(19)13(17)18)1-2-12(11)20-9-4-7(15)3-8(16)5-9/h1-6,13H. The lowest BCUT2D eigenvalue weighted by atomic mass is 10.3. The summed E-state index contributed by atoms with van der Waals surface area (Å²) >= 11 is 8.83. The van der Waals surface area contributed by atoms with Gasteiger partial charge < -0.3 is 4.74 Å². The quantitative estimate of drug-likeness (QED) is 0.691. The van der Waals surface area contributed by atoms with Crippen LogP contribution in [-0.4, -0.2) is 9.97 Å². The van der Waals surface area contributed by atoms with Crippen LogP contribution >= 0.6 is 27.5 Å². The SMILES string of the molecule is O=S(c1ccc(Oc2cc(F)cc(Cl)c2)c(Br)c1)C(F)F. The zero-order valence-corrected chi connectivity index (χ0v) is 13.3. The van der Waals surface area contributed by atoms with E-state index in [9.17, 15) is 17.4 Å². The Labute approximate surface area is 134 Å². The van der Waals surface area contributed by atoms with Crippen molar-refractivity contribution < 1.29 is 22.1 Å². The van der Waals surface area contributed by atoms with Gasteiger partial charge in [0.25, 0.3) is 0 Å². The number of hydrogen-bond acceptors (Lipinski definition) is 2. The third-order valence-electron chi connectivity index (χ3n) is 2.36. The Kier molecular flexibility index (Phi) is 5.29. The summed E-state index contributed by atoms with van der Waals surface area (Å²) in [6.45, 7) is 0. The fourth-order valence-corrected chi connectivity index (χ4v) is 2.97. The molecule has 0 N–H and O–H groups in total. The lowest BCUT2D eigenvalue weighted by Gasteiger charge is -2.10. The van der Waals surface area contributed by atoms with Crippen molar-refractivity contribution in [3.63, 3.8) is 0 Å². The lowest BCUT2D eigenvalue weighted by molar-refractivity contribution is 0.244. The van der Waals surface area contributed by atoms with E-state index in [1.165, 1.54) is 24.3 Å². The minimum absolute atomic E-state index is 0.0403. The van der Waals surface area contributed by atoms with Gasteiger partial charge in [-0.05, 0) is 46.3 Å². The van der Waals surface area contributed by atoms with Crippen LogP contribution < -0.4 is 4.74 Å². The van der Waals surface area contributed by atoms with E-state index in [0.29, 0.717) is 4.47 Å². The first-order valence-corrected chi connectivity index (χ1v) is 7.87. The molecule has 112 valence electrons. The van der Waals surface area contributed by atoms with Gasteiger partial charge in [0.05, 0.1) is 4.47 Å². The van der Waals surface area contributed by atoms with Crippen LogP contribution in [0.15, 0.2) is 45.8 Å². The first-order valence-electron chi connectivity index (χ1n) is 5.49. The van der Waals surface area contributed by atoms with Gasteiger partial charge in [-0.15, -0.1) is 0 Å². The number of halogens is 5. The Morgan fingerprint density at radius 2 is 1.90 bits per heavy atom. The Balaban J connectivity index is 2.27. The summed E-state index contributed by atoms with van der Waals surface area (Å²) in [6.07, 6.45) is 0. The fourth-order valence-electron chi connectivity index (χ4n) is 1.51. The van der Waals surface area contributed by atoms with Crippen LogP contribution in [0, 0.1) is 5.82 Å². The van der Waals surface area contributed by atoms with Crippen molar-refractivity contribution in [3.05, 3.63) is 51.7 Å². The Morgan fingerprint density at radius 1 is 1.19 bits per heavy atom. The van der Waals surface area contributed by atoms with Gasteiger partial charge in [-0.3, -0.25) is 0 Å². The molecule has 0 radical (unpaired) electrons. The molecule has 0 amide bonds. The molecule has 0 aromatic heterocycles. The minimum Gasteiger partial charge on any atom is -0.456 e. The summed E-state index contributed by atoms with van der Waals surface area (Å²) in [7, 11) is -2.41. The van der Waals surface area contributed by atoms with E-state index >= 15 is 0 Å². The molecule has 8 heteroatoms. The maximum absolute atomic E-state index is 13.2. The largest absolute Gasteiger partial charge is 0.456 e. The molecular formula is C13H7BrClF3O2S. The smallest absolute Gasteiger partial charge is 0.316 e. The molecule has 0 aliphatic rings. The van der Waals surface area contributed by atoms with Gasteiger partial charge in [-0.1, -0.05) is 11.6 Å². The molecular weight excluding hydrogens is 393 g/mol. The summed E-state index contributed by atoms with van der Waals surface area (Å²) in [5.74, 6) is -3.12. The maximum Gasteiger partial charge on any atom is 0.316 e. The highest BCUT2D eigenvalue weighted by Crippen LogP contribution is 2.33. The Hall–Kier alpha value is -1.05. The van der Waals surface area contributed by atoms with Gasteiger partial charge in [-0.25, -0.2) is 8.60 Å². The number of hydrogen-bond donors (Lipinski definition) is 0. The molecule has 0 aliphatic carbocycles. The molecule has 0 fully saturated rings. The molecule has 2 aromatic rings. The monoisotopic (exact) mass is 398 g/mol. The third kappa shape index (κ3) is 4.21. The van der Waals surface area contributed by atoms with E-state index in [-0.39, 0.29) is 21.4 Å². The van der Waals surface area contributed by atoms with Crippen LogP contribution in [0.5, 0.6) is 11.5 Å².